The van der Waals surface area contributed by atoms with Gasteiger partial charge < -0.3 is 10.4 Å². The van der Waals surface area contributed by atoms with Gasteiger partial charge in [0.05, 0.1) is 12.6 Å². The number of nitrogens with one attached hydrogen (secondary N) is 1. The first-order valence-corrected chi connectivity index (χ1v) is 7.05. The fraction of sp³-hybridized carbons (Fsp3) is 0.200. The molecule has 0 fully saturated rings. The number of benzene rings is 1. The highest BCUT2D eigenvalue weighted by atomic mass is 79.9. The Balaban J connectivity index is 2.01. The minimum absolute atomic E-state index is 0.104. The van der Waals surface area contributed by atoms with E-state index in [2.05, 4.69) is 26.2 Å². The molecule has 0 aliphatic carbocycles. The van der Waals surface area contributed by atoms with Gasteiger partial charge in [-0.25, -0.2) is 4.98 Å². The zero-order chi connectivity index (χ0) is 14.4. The van der Waals surface area contributed by atoms with Gasteiger partial charge in [-0.15, -0.1) is 0 Å². The molecule has 1 atom stereocenters. The quantitative estimate of drug-likeness (QED) is 0.824. The Hall–Kier alpha value is -1.72. The third kappa shape index (κ3) is 4.15. The van der Waals surface area contributed by atoms with E-state index in [4.69, 9.17) is 0 Å². The number of carbonyl (C=O) groups is 1. The Morgan fingerprint density at radius 1 is 1.30 bits per heavy atom. The van der Waals surface area contributed by atoms with Crippen molar-refractivity contribution in [2.45, 2.75) is 12.5 Å². The van der Waals surface area contributed by atoms with Crippen LogP contribution in [0.15, 0.2) is 53.3 Å². The van der Waals surface area contributed by atoms with Gasteiger partial charge >= 0.3 is 0 Å². The lowest BCUT2D eigenvalue weighted by atomic mass is 10.1. The number of pyridine rings is 1. The summed E-state index contributed by atoms with van der Waals surface area (Å²) in [6.45, 7) is -0.104. The number of amides is 1. The number of carbonyl (C=O) groups excluding carboxylic acids is 1. The van der Waals surface area contributed by atoms with Crippen molar-refractivity contribution in [2.24, 2.45) is 0 Å². The van der Waals surface area contributed by atoms with Crippen molar-refractivity contribution in [1.29, 1.82) is 0 Å². The van der Waals surface area contributed by atoms with Crippen LogP contribution in [0.4, 0.5) is 0 Å². The highest BCUT2D eigenvalue weighted by Crippen LogP contribution is 2.09. The van der Waals surface area contributed by atoms with Gasteiger partial charge in [0, 0.05) is 11.8 Å². The van der Waals surface area contributed by atoms with E-state index < -0.39 is 0 Å². The Morgan fingerprint density at radius 2 is 2.05 bits per heavy atom. The minimum Gasteiger partial charge on any atom is -0.394 e. The molecule has 1 amide bonds. The molecule has 2 rings (SSSR count). The summed E-state index contributed by atoms with van der Waals surface area (Å²) in [5, 5.41) is 12.2. The molecule has 104 valence electrons. The Kier molecular flexibility index (Phi) is 5.26. The average Bonchev–Trinajstić information content (AvgIpc) is 2.47. The maximum atomic E-state index is 12.1. The molecule has 0 aliphatic rings. The molecule has 1 aromatic heterocycles. The fourth-order valence-electron chi connectivity index (χ4n) is 1.87. The van der Waals surface area contributed by atoms with Crippen LogP contribution in [0.25, 0.3) is 0 Å². The number of aromatic nitrogens is 1. The number of rotatable bonds is 5. The van der Waals surface area contributed by atoms with Crippen LogP contribution in [-0.2, 0) is 6.42 Å². The van der Waals surface area contributed by atoms with E-state index in [1.807, 2.05) is 30.3 Å². The van der Waals surface area contributed by atoms with Crippen LogP contribution >= 0.6 is 15.9 Å². The van der Waals surface area contributed by atoms with Crippen LogP contribution in [0.1, 0.15) is 15.9 Å². The average molecular weight is 335 g/mol. The Morgan fingerprint density at radius 3 is 2.70 bits per heavy atom. The van der Waals surface area contributed by atoms with Gasteiger partial charge in [0.25, 0.3) is 5.91 Å². The topological polar surface area (TPSA) is 62.2 Å². The summed E-state index contributed by atoms with van der Waals surface area (Å²) in [6, 6.07) is 12.7. The van der Waals surface area contributed by atoms with E-state index in [1.54, 1.807) is 18.3 Å². The first kappa shape index (κ1) is 14.7. The lowest BCUT2D eigenvalue weighted by molar-refractivity contribution is 0.0916. The predicted octanol–water partition coefficient (Wildman–Crippen LogP) is 2.18. The molecule has 2 aromatic rings. The van der Waals surface area contributed by atoms with E-state index >= 15 is 0 Å². The molecule has 0 saturated carbocycles. The fourth-order valence-corrected chi connectivity index (χ4v) is 2.24. The molecule has 0 bridgehead atoms. The van der Waals surface area contributed by atoms with Crippen molar-refractivity contribution in [3.63, 3.8) is 0 Å². The van der Waals surface area contributed by atoms with Gasteiger partial charge in [0.2, 0.25) is 0 Å². The van der Waals surface area contributed by atoms with Crippen LogP contribution in [0.2, 0.25) is 0 Å². The molecule has 1 unspecified atom stereocenters. The smallest absolute Gasteiger partial charge is 0.251 e. The molecule has 2 N–H and O–H groups in total. The summed E-state index contributed by atoms with van der Waals surface area (Å²) in [6.07, 6.45) is 2.15. The SMILES string of the molecule is O=C(NC(CO)Cc1ccccc1)c1ccnc(Br)c1. The minimum atomic E-state index is -0.308. The molecule has 0 spiro atoms. The Bertz CT molecular complexity index is 575. The van der Waals surface area contributed by atoms with Crippen LogP contribution in [0, 0.1) is 0 Å². The number of halogens is 1. The first-order valence-electron chi connectivity index (χ1n) is 6.26. The van der Waals surface area contributed by atoms with Crippen molar-refractivity contribution >= 4 is 21.8 Å². The van der Waals surface area contributed by atoms with Crippen molar-refractivity contribution in [2.75, 3.05) is 6.61 Å². The lowest BCUT2D eigenvalue weighted by Crippen LogP contribution is -2.39. The third-order valence-corrected chi connectivity index (χ3v) is 3.30. The predicted molar refractivity (Wildman–Crippen MR) is 80.4 cm³/mol. The molecule has 1 aromatic carbocycles. The van der Waals surface area contributed by atoms with Gasteiger partial charge in [-0.05, 0) is 40.0 Å². The second-order valence-electron chi connectivity index (χ2n) is 4.41. The molecule has 0 aliphatic heterocycles. The van der Waals surface area contributed by atoms with E-state index in [-0.39, 0.29) is 18.6 Å². The van der Waals surface area contributed by atoms with Crippen molar-refractivity contribution in [1.82, 2.24) is 10.3 Å². The van der Waals surface area contributed by atoms with Gasteiger partial charge in [-0.3, -0.25) is 4.79 Å². The maximum absolute atomic E-state index is 12.1. The number of aliphatic hydroxyl groups excluding tert-OH is 1. The van der Waals surface area contributed by atoms with Crippen molar-refractivity contribution in [3.8, 4) is 0 Å². The van der Waals surface area contributed by atoms with Gasteiger partial charge in [-0.2, -0.15) is 0 Å². The molecule has 0 saturated heterocycles. The zero-order valence-corrected chi connectivity index (χ0v) is 12.4. The molecular weight excluding hydrogens is 320 g/mol. The number of hydrogen-bond donors (Lipinski definition) is 2. The number of aliphatic hydroxyl groups is 1. The molecule has 1 heterocycles. The molecule has 5 heteroatoms. The standard InChI is InChI=1S/C15H15BrN2O2/c16-14-9-12(6-7-17-14)15(20)18-13(10-19)8-11-4-2-1-3-5-11/h1-7,9,13,19H,8,10H2,(H,18,20). The normalized spacial score (nSPS) is 11.9. The van der Waals surface area contributed by atoms with E-state index in [1.165, 1.54) is 0 Å². The summed E-state index contributed by atoms with van der Waals surface area (Å²) >= 11 is 3.23. The zero-order valence-electron chi connectivity index (χ0n) is 10.8. The van der Waals surface area contributed by atoms with Crippen LogP contribution in [0.3, 0.4) is 0 Å². The van der Waals surface area contributed by atoms with Gasteiger partial charge in [-0.1, -0.05) is 30.3 Å². The molecule has 0 radical (unpaired) electrons. The summed E-state index contributed by atoms with van der Waals surface area (Å²) < 4.78 is 0.605. The van der Waals surface area contributed by atoms with Crippen LogP contribution in [-0.4, -0.2) is 28.6 Å². The second-order valence-corrected chi connectivity index (χ2v) is 5.22. The van der Waals surface area contributed by atoms with Gasteiger partial charge in [0.15, 0.2) is 0 Å². The maximum Gasteiger partial charge on any atom is 0.251 e. The summed E-state index contributed by atoms with van der Waals surface area (Å²) in [5.41, 5.74) is 1.58. The van der Waals surface area contributed by atoms with Crippen LogP contribution in [0.5, 0.6) is 0 Å². The van der Waals surface area contributed by atoms with E-state index in [0.29, 0.717) is 16.6 Å². The lowest BCUT2D eigenvalue weighted by Gasteiger charge is -2.16. The first-order chi connectivity index (χ1) is 9.69. The third-order valence-electron chi connectivity index (χ3n) is 2.87. The summed E-state index contributed by atoms with van der Waals surface area (Å²) in [7, 11) is 0. The number of nitrogens with zero attached hydrogens (tertiary/aromatic N) is 1. The van der Waals surface area contributed by atoms with Crippen LogP contribution < -0.4 is 5.32 Å². The van der Waals surface area contributed by atoms with Gasteiger partial charge in [0.1, 0.15) is 4.60 Å². The van der Waals surface area contributed by atoms with E-state index in [0.717, 1.165) is 5.56 Å². The molecule has 4 nitrogen and oxygen atoms in total. The van der Waals surface area contributed by atoms with Crippen molar-refractivity contribution < 1.29 is 9.90 Å². The summed E-state index contributed by atoms with van der Waals surface area (Å²) in [4.78, 5) is 16.1. The molecular formula is C15H15BrN2O2. The number of hydrogen-bond acceptors (Lipinski definition) is 3. The largest absolute Gasteiger partial charge is 0.394 e. The van der Waals surface area contributed by atoms with Crippen molar-refractivity contribution in [3.05, 3.63) is 64.4 Å². The highest BCUT2D eigenvalue weighted by molar-refractivity contribution is 9.10. The highest BCUT2D eigenvalue weighted by Gasteiger charge is 2.13. The van der Waals surface area contributed by atoms with E-state index in [9.17, 15) is 9.90 Å². The second kappa shape index (κ2) is 7.17. The Labute approximate surface area is 126 Å². The summed E-state index contributed by atoms with van der Waals surface area (Å²) in [5.74, 6) is -0.219. The monoisotopic (exact) mass is 334 g/mol. The molecule has 20 heavy (non-hydrogen) atoms.